The first kappa shape index (κ1) is 25.7. The Morgan fingerprint density at radius 3 is 2.52 bits per heavy atom. The van der Waals surface area contributed by atoms with Crippen molar-refractivity contribution in [3.8, 4) is 0 Å². The summed E-state index contributed by atoms with van der Waals surface area (Å²) >= 11 is 0. The van der Waals surface area contributed by atoms with Gasteiger partial charge >= 0.3 is 0 Å². The fourth-order valence-electron chi connectivity index (χ4n) is 3.91. The van der Waals surface area contributed by atoms with Crippen molar-refractivity contribution in [2.24, 2.45) is 18.0 Å². The molecular formula is C21H39IN6O. The normalized spacial score (nSPS) is 19.4. The van der Waals surface area contributed by atoms with Crippen molar-refractivity contribution in [3.05, 3.63) is 17.0 Å². The van der Waals surface area contributed by atoms with Crippen LogP contribution in [0, 0.1) is 5.92 Å². The molecule has 1 aliphatic carbocycles. The zero-order valence-corrected chi connectivity index (χ0v) is 21.2. The van der Waals surface area contributed by atoms with Crippen LogP contribution in [-0.2, 0) is 31.2 Å². The van der Waals surface area contributed by atoms with Gasteiger partial charge in [0.25, 0.3) is 0 Å². The molecule has 7 nitrogen and oxygen atoms in total. The lowest BCUT2D eigenvalue weighted by Gasteiger charge is -2.31. The van der Waals surface area contributed by atoms with Gasteiger partial charge in [0.15, 0.2) is 5.96 Å². The molecule has 29 heavy (non-hydrogen) atoms. The van der Waals surface area contributed by atoms with E-state index in [1.165, 1.54) is 30.5 Å². The summed E-state index contributed by atoms with van der Waals surface area (Å²) in [5.74, 6) is 1.37. The van der Waals surface area contributed by atoms with E-state index >= 15 is 0 Å². The number of halogens is 1. The van der Waals surface area contributed by atoms with Crippen LogP contribution in [0.25, 0.3) is 0 Å². The smallest absolute Gasteiger partial charge is 0.241 e. The van der Waals surface area contributed by atoms with Gasteiger partial charge in [-0.2, -0.15) is 5.10 Å². The molecular weight excluding hydrogens is 479 g/mol. The van der Waals surface area contributed by atoms with Gasteiger partial charge in [-0.15, -0.1) is 24.0 Å². The van der Waals surface area contributed by atoms with Crippen molar-refractivity contribution in [2.75, 3.05) is 20.6 Å². The van der Waals surface area contributed by atoms with E-state index < -0.39 is 0 Å². The Kier molecular flexibility index (Phi) is 11.0. The molecule has 0 bridgehead atoms. The fourth-order valence-corrected chi connectivity index (χ4v) is 3.91. The molecule has 2 rings (SSSR count). The Hall–Kier alpha value is -1.32. The van der Waals surface area contributed by atoms with Crippen molar-refractivity contribution in [1.29, 1.82) is 0 Å². The monoisotopic (exact) mass is 518 g/mol. The quantitative estimate of drug-likeness (QED) is 0.331. The molecule has 1 aromatic rings. The van der Waals surface area contributed by atoms with Crippen LogP contribution < -0.4 is 10.6 Å². The maximum atomic E-state index is 12.0. The van der Waals surface area contributed by atoms with Crippen LogP contribution in [0.3, 0.4) is 0 Å². The van der Waals surface area contributed by atoms with Crippen molar-refractivity contribution >= 4 is 35.8 Å². The number of nitrogens with one attached hydrogen (secondary N) is 2. The highest BCUT2D eigenvalue weighted by molar-refractivity contribution is 14.0. The van der Waals surface area contributed by atoms with Crippen LogP contribution in [0.4, 0.5) is 0 Å². The number of likely N-dealkylation sites (N-methyl/N-ethyl adjacent to an activating group) is 1. The molecule has 0 aromatic carbocycles. The van der Waals surface area contributed by atoms with Crippen LogP contribution in [0.15, 0.2) is 4.99 Å². The van der Waals surface area contributed by atoms with Gasteiger partial charge in [0.1, 0.15) is 0 Å². The first-order valence-electron chi connectivity index (χ1n) is 10.7. The van der Waals surface area contributed by atoms with Crippen LogP contribution in [-0.4, -0.2) is 53.2 Å². The molecule has 0 radical (unpaired) electrons. The minimum Gasteiger partial charge on any atom is -0.353 e. The minimum atomic E-state index is 0. The third-order valence-corrected chi connectivity index (χ3v) is 5.76. The highest BCUT2D eigenvalue weighted by Gasteiger charge is 2.22. The zero-order valence-electron chi connectivity index (χ0n) is 18.9. The zero-order chi connectivity index (χ0) is 20.7. The second kappa shape index (κ2) is 12.4. The predicted octanol–water partition coefficient (Wildman–Crippen LogP) is 2.87. The number of hydrogen-bond acceptors (Lipinski definition) is 3. The molecule has 0 aliphatic heterocycles. The van der Waals surface area contributed by atoms with E-state index in [-0.39, 0.29) is 36.4 Å². The van der Waals surface area contributed by atoms with Crippen LogP contribution in [0.2, 0.25) is 0 Å². The number of guanidine groups is 1. The van der Waals surface area contributed by atoms with Crippen LogP contribution >= 0.6 is 24.0 Å². The molecule has 0 spiro atoms. The summed E-state index contributed by atoms with van der Waals surface area (Å²) in [6.45, 7) is 7.40. The number of aryl methyl sites for hydroxylation is 2. The number of aliphatic imine (C=N–C) groups is 1. The molecule has 1 fully saturated rings. The van der Waals surface area contributed by atoms with Gasteiger partial charge < -0.3 is 15.5 Å². The van der Waals surface area contributed by atoms with Crippen molar-refractivity contribution in [1.82, 2.24) is 25.3 Å². The summed E-state index contributed by atoms with van der Waals surface area (Å²) in [7, 11) is 5.55. The number of amides is 1. The van der Waals surface area contributed by atoms with E-state index in [1.807, 2.05) is 11.7 Å². The number of carbonyl (C=O) groups is 1. The second-order valence-electron chi connectivity index (χ2n) is 8.02. The molecule has 1 amide bonds. The van der Waals surface area contributed by atoms with Crippen molar-refractivity contribution in [3.63, 3.8) is 0 Å². The highest BCUT2D eigenvalue weighted by Crippen LogP contribution is 2.23. The van der Waals surface area contributed by atoms with E-state index in [1.54, 1.807) is 19.0 Å². The Labute approximate surface area is 193 Å². The molecule has 1 saturated carbocycles. The summed E-state index contributed by atoms with van der Waals surface area (Å²) in [6.07, 6.45) is 6.76. The maximum Gasteiger partial charge on any atom is 0.241 e. The van der Waals surface area contributed by atoms with Gasteiger partial charge in [-0.05, 0) is 31.6 Å². The second-order valence-corrected chi connectivity index (χ2v) is 8.02. The molecule has 2 unspecified atom stereocenters. The molecule has 166 valence electrons. The van der Waals surface area contributed by atoms with E-state index in [2.05, 4.69) is 36.5 Å². The average molecular weight is 518 g/mol. The molecule has 2 atom stereocenters. The minimum absolute atomic E-state index is 0. The van der Waals surface area contributed by atoms with E-state index in [9.17, 15) is 4.79 Å². The summed E-state index contributed by atoms with van der Waals surface area (Å²) in [5.41, 5.74) is 3.55. The van der Waals surface area contributed by atoms with Crippen molar-refractivity contribution in [2.45, 2.75) is 71.9 Å². The van der Waals surface area contributed by atoms with Gasteiger partial charge in [0, 0.05) is 38.4 Å². The van der Waals surface area contributed by atoms with E-state index in [0.29, 0.717) is 18.5 Å². The summed E-state index contributed by atoms with van der Waals surface area (Å²) in [6, 6.07) is 0.402. The van der Waals surface area contributed by atoms with Gasteiger partial charge in [-0.1, -0.05) is 33.6 Å². The molecule has 0 saturated heterocycles. The van der Waals surface area contributed by atoms with Crippen LogP contribution in [0.5, 0.6) is 0 Å². The SMILES string of the molecule is CCc1nn(C)c(CC)c1CN=C(NCC(=O)N(C)C)NC1CCCCC1C.I. The summed E-state index contributed by atoms with van der Waals surface area (Å²) in [4.78, 5) is 18.5. The summed E-state index contributed by atoms with van der Waals surface area (Å²) < 4.78 is 1.98. The highest BCUT2D eigenvalue weighted by atomic mass is 127. The lowest BCUT2D eigenvalue weighted by Crippen LogP contribution is -2.49. The Bertz CT molecular complexity index is 685. The lowest BCUT2D eigenvalue weighted by molar-refractivity contribution is -0.127. The Morgan fingerprint density at radius 2 is 1.93 bits per heavy atom. The number of carbonyl (C=O) groups excluding carboxylic acids is 1. The van der Waals surface area contributed by atoms with Gasteiger partial charge in [0.05, 0.1) is 18.8 Å². The third-order valence-electron chi connectivity index (χ3n) is 5.76. The molecule has 8 heteroatoms. The lowest BCUT2D eigenvalue weighted by atomic mass is 9.86. The predicted molar refractivity (Wildman–Crippen MR) is 130 cm³/mol. The maximum absolute atomic E-state index is 12.0. The topological polar surface area (TPSA) is 74.5 Å². The Morgan fingerprint density at radius 1 is 1.24 bits per heavy atom. The number of aromatic nitrogens is 2. The van der Waals surface area contributed by atoms with Crippen LogP contribution in [0.1, 0.15) is 63.4 Å². The van der Waals surface area contributed by atoms with Crippen molar-refractivity contribution < 1.29 is 4.79 Å². The van der Waals surface area contributed by atoms with Gasteiger partial charge in [-0.25, -0.2) is 4.99 Å². The number of rotatable bonds is 7. The third kappa shape index (κ3) is 7.15. The fraction of sp³-hybridized carbons (Fsp3) is 0.762. The van der Waals surface area contributed by atoms with Gasteiger partial charge in [-0.3, -0.25) is 9.48 Å². The first-order chi connectivity index (χ1) is 13.4. The standard InChI is InChI=1S/C21H38N6O.HI/c1-7-17-16(19(8-2)27(6)25-17)13-22-21(23-14-20(28)26(4)5)24-18-12-10-9-11-15(18)3;/h15,18H,7-14H2,1-6H3,(H2,22,23,24);1H. The van der Waals surface area contributed by atoms with Gasteiger partial charge in [0.2, 0.25) is 5.91 Å². The molecule has 2 N–H and O–H groups in total. The van der Waals surface area contributed by atoms with E-state index in [4.69, 9.17) is 4.99 Å². The van der Waals surface area contributed by atoms with E-state index in [0.717, 1.165) is 30.9 Å². The molecule has 1 aliphatic rings. The average Bonchev–Trinajstić information content (AvgIpc) is 2.99. The summed E-state index contributed by atoms with van der Waals surface area (Å²) in [5, 5.41) is 11.5. The first-order valence-corrected chi connectivity index (χ1v) is 10.7. The number of nitrogens with zero attached hydrogens (tertiary/aromatic N) is 4. The molecule has 1 heterocycles. The largest absolute Gasteiger partial charge is 0.353 e. The molecule has 1 aromatic heterocycles. The number of hydrogen-bond donors (Lipinski definition) is 2. The Balaban J connectivity index is 0.00000420.